The van der Waals surface area contributed by atoms with Gasteiger partial charge >= 0.3 is 5.97 Å². The molecule has 1 aromatic heterocycles. The van der Waals surface area contributed by atoms with Gasteiger partial charge in [-0.2, -0.15) is 0 Å². The highest BCUT2D eigenvalue weighted by atomic mass is 16.5. The monoisotopic (exact) mass is 370 g/mol. The van der Waals surface area contributed by atoms with Gasteiger partial charge in [0.2, 0.25) is 0 Å². The minimum Gasteiger partial charge on any atom is -0.459 e. The Morgan fingerprint density at radius 3 is 2.22 bits per heavy atom. The summed E-state index contributed by atoms with van der Waals surface area (Å²) in [5, 5.41) is 3.83. The lowest BCUT2D eigenvalue weighted by molar-refractivity contribution is -0.150. The molecular formula is C20H22N2O5. The van der Waals surface area contributed by atoms with Gasteiger partial charge in [0.1, 0.15) is 18.4 Å². The Balaban J connectivity index is 1.83. The third kappa shape index (κ3) is 3.49. The number of ether oxygens (including phenoxy) is 1. The molecule has 7 heteroatoms. The van der Waals surface area contributed by atoms with Gasteiger partial charge in [-0.05, 0) is 38.3 Å². The number of imide groups is 1. The van der Waals surface area contributed by atoms with Gasteiger partial charge in [-0.15, -0.1) is 0 Å². The highest BCUT2D eigenvalue weighted by Crippen LogP contribution is 2.27. The van der Waals surface area contributed by atoms with E-state index in [1.165, 1.54) is 0 Å². The van der Waals surface area contributed by atoms with E-state index in [-0.39, 0.29) is 12.5 Å². The first-order valence-electron chi connectivity index (χ1n) is 8.86. The molecule has 0 spiro atoms. The normalized spacial score (nSPS) is 14.6. The smallest absolute Gasteiger partial charge is 0.329 e. The molecule has 2 heterocycles. The second kappa shape index (κ2) is 7.34. The average molecular weight is 370 g/mol. The van der Waals surface area contributed by atoms with Crippen LogP contribution in [0.3, 0.4) is 0 Å². The number of esters is 1. The van der Waals surface area contributed by atoms with Gasteiger partial charge < -0.3 is 9.26 Å². The van der Waals surface area contributed by atoms with Crippen molar-refractivity contribution in [3.8, 4) is 0 Å². The Morgan fingerprint density at radius 1 is 1.15 bits per heavy atom. The third-order valence-electron chi connectivity index (χ3n) is 4.64. The summed E-state index contributed by atoms with van der Waals surface area (Å²) in [6.07, 6.45) is 0.325. The molecule has 0 fully saturated rings. The maximum absolute atomic E-state index is 12.8. The molecule has 7 nitrogen and oxygen atoms in total. The van der Waals surface area contributed by atoms with Crippen LogP contribution in [-0.2, 0) is 16.1 Å². The molecule has 0 N–H and O–H groups in total. The summed E-state index contributed by atoms with van der Waals surface area (Å²) in [6, 6.07) is 5.61. The summed E-state index contributed by atoms with van der Waals surface area (Å²) in [5.74, 6) is -0.878. The van der Waals surface area contributed by atoms with Crippen LogP contribution in [0.1, 0.15) is 58.0 Å². The fourth-order valence-corrected chi connectivity index (χ4v) is 3.19. The van der Waals surface area contributed by atoms with Crippen molar-refractivity contribution in [3.05, 3.63) is 52.4 Å². The number of aryl methyl sites for hydroxylation is 2. The zero-order valence-corrected chi connectivity index (χ0v) is 15.8. The number of carbonyl (C=O) groups excluding carboxylic acids is 3. The van der Waals surface area contributed by atoms with Crippen LogP contribution >= 0.6 is 0 Å². The van der Waals surface area contributed by atoms with Gasteiger partial charge in [0.25, 0.3) is 11.8 Å². The molecule has 0 bridgehead atoms. The van der Waals surface area contributed by atoms with Crippen molar-refractivity contribution in [2.75, 3.05) is 0 Å². The number of hydrogen-bond acceptors (Lipinski definition) is 6. The van der Waals surface area contributed by atoms with Crippen LogP contribution in [0, 0.1) is 19.8 Å². The zero-order chi connectivity index (χ0) is 19.7. The fourth-order valence-electron chi connectivity index (χ4n) is 3.19. The molecule has 0 saturated heterocycles. The van der Waals surface area contributed by atoms with Crippen LogP contribution < -0.4 is 0 Å². The Morgan fingerprint density at radius 2 is 1.74 bits per heavy atom. The highest BCUT2D eigenvalue weighted by molar-refractivity contribution is 6.22. The van der Waals surface area contributed by atoms with Gasteiger partial charge in [0.15, 0.2) is 0 Å². The van der Waals surface area contributed by atoms with Gasteiger partial charge in [-0.3, -0.25) is 14.5 Å². The van der Waals surface area contributed by atoms with E-state index >= 15 is 0 Å². The number of fused-ring (bicyclic) bond motifs is 1. The van der Waals surface area contributed by atoms with Crippen molar-refractivity contribution in [3.63, 3.8) is 0 Å². The number of rotatable bonds is 6. The lowest BCUT2D eigenvalue weighted by Gasteiger charge is -2.26. The molecular weight excluding hydrogens is 348 g/mol. The van der Waals surface area contributed by atoms with Crippen molar-refractivity contribution in [2.45, 2.75) is 46.8 Å². The summed E-state index contributed by atoms with van der Waals surface area (Å²) < 4.78 is 10.5. The zero-order valence-electron chi connectivity index (χ0n) is 15.8. The summed E-state index contributed by atoms with van der Waals surface area (Å²) in [5.41, 5.74) is 1.96. The van der Waals surface area contributed by atoms with Gasteiger partial charge in [-0.25, -0.2) is 4.79 Å². The predicted octanol–water partition coefficient (Wildman–Crippen LogP) is 3.05. The number of amides is 2. The number of nitrogens with zero attached hydrogens (tertiary/aromatic N) is 2. The lowest BCUT2D eigenvalue weighted by atomic mass is 10.0. The molecule has 1 atom stereocenters. The Hall–Kier alpha value is -2.96. The topological polar surface area (TPSA) is 89.7 Å². The second-order valence-electron chi connectivity index (χ2n) is 7.08. The standard InChI is InChI=1S/C20H22N2O5/c1-11(2)9-17(20(25)26-10-16-12(3)21-27-13(16)4)22-18(23)14-7-5-6-8-15(14)19(22)24/h5-8,11,17H,9-10H2,1-4H3. The highest BCUT2D eigenvalue weighted by Gasteiger charge is 2.43. The lowest BCUT2D eigenvalue weighted by Crippen LogP contribution is -2.46. The van der Waals surface area contributed by atoms with Crippen molar-refractivity contribution in [1.29, 1.82) is 0 Å². The van der Waals surface area contributed by atoms with Crippen LogP contribution in [0.4, 0.5) is 0 Å². The first-order valence-corrected chi connectivity index (χ1v) is 8.86. The van der Waals surface area contributed by atoms with Gasteiger partial charge in [0, 0.05) is 0 Å². The SMILES string of the molecule is Cc1noc(C)c1COC(=O)C(CC(C)C)N1C(=O)c2ccccc2C1=O. The fraction of sp³-hybridized carbons (Fsp3) is 0.400. The first kappa shape index (κ1) is 18.8. The molecule has 1 aliphatic rings. The van der Waals surface area contributed by atoms with Crippen molar-refractivity contribution < 1.29 is 23.6 Å². The van der Waals surface area contributed by atoms with E-state index in [4.69, 9.17) is 9.26 Å². The maximum Gasteiger partial charge on any atom is 0.329 e. The molecule has 1 aromatic carbocycles. The van der Waals surface area contributed by atoms with E-state index in [0.29, 0.717) is 34.6 Å². The van der Waals surface area contributed by atoms with Crippen LogP contribution in [0.2, 0.25) is 0 Å². The molecule has 2 aromatic rings. The second-order valence-corrected chi connectivity index (χ2v) is 7.08. The number of carbonyl (C=O) groups is 3. The summed E-state index contributed by atoms with van der Waals surface area (Å²) in [7, 11) is 0. The minimum absolute atomic E-state index is 0.0161. The predicted molar refractivity (Wildman–Crippen MR) is 96.0 cm³/mol. The molecule has 27 heavy (non-hydrogen) atoms. The largest absolute Gasteiger partial charge is 0.459 e. The van der Waals surface area contributed by atoms with Gasteiger partial charge in [-0.1, -0.05) is 31.1 Å². The van der Waals surface area contributed by atoms with E-state index in [2.05, 4.69) is 5.16 Å². The average Bonchev–Trinajstić information content (AvgIpc) is 3.08. The minimum atomic E-state index is -0.974. The first-order chi connectivity index (χ1) is 12.8. The van der Waals surface area contributed by atoms with Crippen LogP contribution in [0.5, 0.6) is 0 Å². The summed E-state index contributed by atoms with van der Waals surface area (Å²) >= 11 is 0. The molecule has 0 aliphatic carbocycles. The molecule has 1 unspecified atom stereocenters. The van der Waals surface area contributed by atoms with E-state index < -0.39 is 23.8 Å². The van der Waals surface area contributed by atoms with Crippen LogP contribution in [0.15, 0.2) is 28.8 Å². The van der Waals surface area contributed by atoms with Gasteiger partial charge in [0.05, 0.1) is 22.4 Å². The van der Waals surface area contributed by atoms with E-state index in [0.717, 1.165) is 4.90 Å². The van der Waals surface area contributed by atoms with Crippen molar-refractivity contribution in [1.82, 2.24) is 10.1 Å². The van der Waals surface area contributed by atoms with E-state index in [1.807, 2.05) is 13.8 Å². The summed E-state index contributed by atoms with van der Waals surface area (Å²) in [6.45, 7) is 7.33. The Kier molecular flexibility index (Phi) is 5.12. The number of aromatic nitrogens is 1. The van der Waals surface area contributed by atoms with E-state index in [9.17, 15) is 14.4 Å². The molecule has 0 radical (unpaired) electrons. The van der Waals surface area contributed by atoms with Crippen molar-refractivity contribution in [2.24, 2.45) is 5.92 Å². The molecule has 0 saturated carbocycles. The Bertz CT molecular complexity index is 845. The molecule has 142 valence electrons. The molecule has 3 rings (SSSR count). The summed E-state index contributed by atoms with van der Waals surface area (Å²) in [4.78, 5) is 39.3. The van der Waals surface area contributed by atoms with Crippen molar-refractivity contribution >= 4 is 17.8 Å². The number of benzene rings is 1. The van der Waals surface area contributed by atoms with E-state index in [1.54, 1.807) is 38.1 Å². The number of hydrogen-bond donors (Lipinski definition) is 0. The third-order valence-corrected chi connectivity index (χ3v) is 4.64. The van der Waals surface area contributed by atoms with Crippen LogP contribution in [-0.4, -0.2) is 33.9 Å². The molecule has 1 aliphatic heterocycles. The maximum atomic E-state index is 12.8. The Labute approximate surface area is 157 Å². The molecule has 2 amide bonds. The van der Waals surface area contributed by atoms with Crippen LogP contribution in [0.25, 0.3) is 0 Å². The quantitative estimate of drug-likeness (QED) is 0.573.